The number of hydrogen-bond donors (Lipinski definition) is 1. The van der Waals surface area contributed by atoms with Crippen LogP contribution in [0.5, 0.6) is 0 Å². The van der Waals surface area contributed by atoms with E-state index in [1.165, 1.54) is 0 Å². The zero-order chi connectivity index (χ0) is 11.4. The summed E-state index contributed by atoms with van der Waals surface area (Å²) >= 11 is 0. The second kappa shape index (κ2) is 5.31. The van der Waals surface area contributed by atoms with Crippen LogP contribution in [-0.4, -0.2) is 25.2 Å². The van der Waals surface area contributed by atoms with Gasteiger partial charge < -0.3 is 9.53 Å². The predicted molar refractivity (Wildman–Crippen MR) is 59.5 cm³/mol. The van der Waals surface area contributed by atoms with Crippen LogP contribution >= 0.6 is 0 Å². The monoisotopic (exact) mass is 216 g/mol. The van der Waals surface area contributed by atoms with E-state index in [2.05, 4.69) is 6.58 Å². The molecule has 4 heteroatoms. The van der Waals surface area contributed by atoms with E-state index >= 15 is 0 Å². The molecule has 0 fully saturated rings. The van der Waals surface area contributed by atoms with Crippen molar-refractivity contribution in [2.75, 3.05) is 0 Å². The Labute approximate surface area is 86.9 Å². The molecule has 3 nitrogen and oxygen atoms in total. The van der Waals surface area contributed by atoms with Gasteiger partial charge in [-0.1, -0.05) is 13.5 Å². The smallest absolute Gasteiger partial charge is 0.333 e. The Morgan fingerprint density at radius 2 is 2.07 bits per heavy atom. The fourth-order valence-corrected chi connectivity index (χ4v) is 2.56. The summed E-state index contributed by atoms with van der Waals surface area (Å²) in [7, 11) is -2.15. The summed E-state index contributed by atoms with van der Waals surface area (Å²) in [4.78, 5) is 20.9. The molecule has 0 aromatic heterocycles. The molecule has 0 aliphatic carbocycles. The zero-order valence-corrected chi connectivity index (χ0v) is 10.5. The molecule has 0 aromatic carbocycles. The molecule has 14 heavy (non-hydrogen) atoms. The third-order valence-electron chi connectivity index (χ3n) is 1.80. The molecule has 0 radical (unpaired) electrons. The molecule has 0 bridgehead atoms. The molecule has 0 saturated heterocycles. The minimum absolute atomic E-state index is 0.175. The van der Waals surface area contributed by atoms with Crippen LogP contribution in [0.25, 0.3) is 0 Å². The summed E-state index contributed by atoms with van der Waals surface area (Å²) in [5.74, 6) is -0.366. The number of esters is 1. The van der Waals surface area contributed by atoms with Crippen LogP contribution < -0.4 is 0 Å². The van der Waals surface area contributed by atoms with Gasteiger partial charge in [0, 0.05) is 11.6 Å². The minimum Gasteiger partial charge on any atom is -0.459 e. The van der Waals surface area contributed by atoms with Crippen molar-refractivity contribution in [1.82, 2.24) is 0 Å². The second-order valence-corrected chi connectivity index (χ2v) is 8.27. The van der Waals surface area contributed by atoms with Gasteiger partial charge in [0.05, 0.1) is 0 Å². The van der Waals surface area contributed by atoms with Gasteiger partial charge in [-0.15, -0.1) is 0 Å². The normalized spacial score (nSPS) is 13.5. The van der Waals surface area contributed by atoms with Gasteiger partial charge in [-0.25, -0.2) is 4.79 Å². The van der Waals surface area contributed by atoms with Gasteiger partial charge in [0.25, 0.3) is 0 Å². The van der Waals surface area contributed by atoms with Crippen LogP contribution in [0.15, 0.2) is 12.2 Å². The molecule has 1 atom stereocenters. The lowest BCUT2D eigenvalue weighted by Gasteiger charge is -2.22. The molecule has 1 N–H and O–H groups in total. The SMILES string of the molecule is C=C(C)C(=O)OC(CC)C[Si](C)(C)O. The second-order valence-electron chi connectivity index (χ2n) is 4.23. The van der Waals surface area contributed by atoms with E-state index in [4.69, 9.17) is 4.74 Å². The Hall–Kier alpha value is -0.613. The maximum Gasteiger partial charge on any atom is 0.333 e. The van der Waals surface area contributed by atoms with Crippen molar-refractivity contribution < 1.29 is 14.3 Å². The minimum atomic E-state index is -2.15. The number of carbonyl (C=O) groups excluding carboxylic acids is 1. The lowest BCUT2D eigenvalue weighted by atomic mass is 10.3. The van der Waals surface area contributed by atoms with Crippen molar-refractivity contribution in [2.24, 2.45) is 0 Å². The molecular weight excluding hydrogens is 196 g/mol. The molecule has 0 aromatic rings. The van der Waals surface area contributed by atoms with Gasteiger partial charge in [0.1, 0.15) is 6.10 Å². The topological polar surface area (TPSA) is 46.5 Å². The van der Waals surface area contributed by atoms with Crippen molar-refractivity contribution in [3.63, 3.8) is 0 Å². The van der Waals surface area contributed by atoms with E-state index < -0.39 is 8.32 Å². The van der Waals surface area contributed by atoms with Gasteiger partial charge in [-0.3, -0.25) is 0 Å². The highest BCUT2D eigenvalue weighted by Gasteiger charge is 2.24. The summed E-state index contributed by atoms with van der Waals surface area (Å²) in [5, 5.41) is 0. The van der Waals surface area contributed by atoms with E-state index in [1.54, 1.807) is 6.92 Å². The van der Waals surface area contributed by atoms with Gasteiger partial charge in [-0.05, 0) is 26.4 Å². The van der Waals surface area contributed by atoms with Gasteiger partial charge in [0.15, 0.2) is 8.32 Å². The molecule has 0 rings (SSSR count). The van der Waals surface area contributed by atoms with Crippen molar-refractivity contribution in [3.8, 4) is 0 Å². The molecule has 0 spiro atoms. The van der Waals surface area contributed by atoms with Crippen LogP contribution in [0.3, 0.4) is 0 Å². The highest BCUT2D eigenvalue weighted by molar-refractivity contribution is 6.69. The summed E-state index contributed by atoms with van der Waals surface area (Å²) in [6.45, 7) is 10.8. The van der Waals surface area contributed by atoms with Crippen LogP contribution in [-0.2, 0) is 9.53 Å². The number of carbonyl (C=O) groups is 1. The van der Waals surface area contributed by atoms with E-state index in [0.717, 1.165) is 6.42 Å². The Bertz CT molecular complexity index is 218. The van der Waals surface area contributed by atoms with Crippen molar-refractivity contribution in [1.29, 1.82) is 0 Å². The third kappa shape index (κ3) is 5.94. The highest BCUT2D eigenvalue weighted by atomic mass is 28.4. The first-order valence-corrected chi connectivity index (χ1v) is 8.00. The summed E-state index contributed by atoms with van der Waals surface area (Å²) in [6, 6.07) is 0.586. The first-order valence-electron chi connectivity index (χ1n) is 4.85. The molecule has 0 aliphatic heterocycles. The van der Waals surface area contributed by atoms with Crippen LogP contribution in [0, 0.1) is 0 Å². The average Bonchev–Trinajstić information content (AvgIpc) is 2.00. The standard InChI is InChI=1S/C10H20O3Si/c1-6-9(7-14(4,5)12)13-10(11)8(2)3/h9,12H,2,6-7H2,1,3-5H3. The maximum absolute atomic E-state index is 11.2. The molecular formula is C10H20O3Si. The first kappa shape index (κ1) is 13.4. The Morgan fingerprint density at radius 3 is 2.36 bits per heavy atom. The van der Waals surface area contributed by atoms with E-state index in [1.807, 2.05) is 20.0 Å². The number of hydrogen-bond acceptors (Lipinski definition) is 3. The Balaban J connectivity index is 4.17. The highest BCUT2D eigenvalue weighted by Crippen LogP contribution is 2.15. The average molecular weight is 216 g/mol. The van der Waals surface area contributed by atoms with E-state index in [0.29, 0.717) is 11.6 Å². The van der Waals surface area contributed by atoms with Crippen LogP contribution in [0.2, 0.25) is 19.1 Å². The van der Waals surface area contributed by atoms with Crippen molar-refractivity contribution in [3.05, 3.63) is 12.2 Å². The summed E-state index contributed by atoms with van der Waals surface area (Å²) < 4.78 is 5.17. The summed E-state index contributed by atoms with van der Waals surface area (Å²) in [6.07, 6.45) is 0.557. The van der Waals surface area contributed by atoms with Crippen LogP contribution in [0.4, 0.5) is 0 Å². The van der Waals surface area contributed by atoms with Gasteiger partial charge >= 0.3 is 5.97 Å². The van der Waals surface area contributed by atoms with Gasteiger partial charge in [-0.2, -0.15) is 0 Å². The molecule has 0 saturated carbocycles. The first-order chi connectivity index (χ1) is 6.26. The molecule has 1 unspecified atom stereocenters. The number of rotatable bonds is 5. The molecule has 82 valence electrons. The van der Waals surface area contributed by atoms with Crippen LogP contribution in [0.1, 0.15) is 20.3 Å². The van der Waals surface area contributed by atoms with Crippen molar-refractivity contribution >= 4 is 14.3 Å². The Morgan fingerprint density at radius 1 is 1.57 bits per heavy atom. The maximum atomic E-state index is 11.2. The quantitative estimate of drug-likeness (QED) is 0.435. The molecule has 0 amide bonds. The third-order valence-corrected chi connectivity index (χ3v) is 3.26. The van der Waals surface area contributed by atoms with E-state index in [-0.39, 0.29) is 12.1 Å². The predicted octanol–water partition coefficient (Wildman–Crippen LogP) is 2.08. The van der Waals surface area contributed by atoms with Crippen molar-refractivity contribution in [2.45, 2.75) is 45.5 Å². The van der Waals surface area contributed by atoms with E-state index in [9.17, 15) is 9.59 Å². The Kier molecular flexibility index (Phi) is 5.08. The fourth-order valence-electron chi connectivity index (χ4n) is 1.08. The number of ether oxygens (including phenoxy) is 1. The molecule has 0 heterocycles. The van der Waals surface area contributed by atoms with Gasteiger partial charge in [0.2, 0.25) is 0 Å². The summed E-state index contributed by atoms with van der Waals surface area (Å²) in [5.41, 5.74) is 0.404. The molecule has 0 aliphatic rings. The lowest BCUT2D eigenvalue weighted by Crippen LogP contribution is -2.32. The largest absolute Gasteiger partial charge is 0.459 e. The lowest BCUT2D eigenvalue weighted by molar-refractivity contribution is -0.143. The fraction of sp³-hybridized carbons (Fsp3) is 0.700. The zero-order valence-electron chi connectivity index (χ0n) is 9.46.